The lowest BCUT2D eigenvalue weighted by molar-refractivity contribution is -0.189. The van der Waals surface area contributed by atoms with Crippen LogP contribution in [0.5, 0.6) is 0 Å². The maximum absolute atomic E-state index is 12.7. The van der Waals surface area contributed by atoms with Crippen molar-refractivity contribution in [1.29, 1.82) is 0 Å². The van der Waals surface area contributed by atoms with Crippen molar-refractivity contribution < 1.29 is 23.9 Å². The van der Waals surface area contributed by atoms with E-state index in [0.717, 1.165) is 38.5 Å². The van der Waals surface area contributed by atoms with E-state index in [4.69, 9.17) is 15.2 Å². The molecule has 1 unspecified atom stereocenters. The summed E-state index contributed by atoms with van der Waals surface area (Å²) in [6, 6.07) is 0. The van der Waals surface area contributed by atoms with Gasteiger partial charge in [-0.1, -0.05) is 96.5 Å². The molecule has 1 aliphatic heterocycles. The zero-order valence-corrected chi connectivity index (χ0v) is 22.2. The van der Waals surface area contributed by atoms with Crippen molar-refractivity contribution in [3.63, 3.8) is 0 Å². The van der Waals surface area contributed by atoms with E-state index in [1.165, 1.54) is 51.4 Å². The fourth-order valence-electron chi connectivity index (χ4n) is 4.63. The maximum Gasteiger partial charge on any atom is 0.343 e. The largest absolute Gasteiger partial charge is 0.461 e. The van der Waals surface area contributed by atoms with Gasteiger partial charge in [0.2, 0.25) is 0 Å². The second-order valence-corrected chi connectivity index (χ2v) is 10.1. The van der Waals surface area contributed by atoms with E-state index in [1.54, 1.807) is 13.8 Å². The van der Waals surface area contributed by atoms with Crippen molar-refractivity contribution in [1.82, 2.24) is 0 Å². The SMILES string of the molecule is CCCCCCCCCCCC(C[C@@H]1OC(=O)[C@H]1CCCCCC)OC(=O)C(C(N)=O)=C(C)C. The number of carbonyl (C=O) groups is 3. The van der Waals surface area contributed by atoms with E-state index < -0.39 is 11.9 Å². The Morgan fingerprint density at radius 3 is 1.91 bits per heavy atom. The Hall–Kier alpha value is -1.85. The van der Waals surface area contributed by atoms with Gasteiger partial charge in [-0.25, -0.2) is 4.79 Å². The lowest BCUT2D eigenvalue weighted by Gasteiger charge is -2.37. The summed E-state index contributed by atoms with van der Waals surface area (Å²) < 4.78 is 11.2. The molecule has 196 valence electrons. The first-order valence-electron chi connectivity index (χ1n) is 13.7. The summed E-state index contributed by atoms with van der Waals surface area (Å²) >= 11 is 0. The van der Waals surface area contributed by atoms with Crippen LogP contribution in [0.1, 0.15) is 130 Å². The standard InChI is InChI=1S/C28H49NO5/c1-5-7-9-11-12-13-14-15-16-18-22(33-28(32)25(21(3)4)26(29)30)20-24-23(27(31)34-24)19-17-10-8-6-2/h22-24H,5-20H2,1-4H3,(H2,29,30)/t22?,23-,24-/m0/s1. The van der Waals surface area contributed by atoms with E-state index in [9.17, 15) is 14.4 Å². The molecule has 0 spiro atoms. The minimum atomic E-state index is -0.768. The third kappa shape index (κ3) is 11.5. The molecular weight excluding hydrogens is 430 g/mol. The topological polar surface area (TPSA) is 95.7 Å². The van der Waals surface area contributed by atoms with Crippen LogP contribution in [0.15, 0.2) is 11.1 Å². The summed E-state index contributed by atoms with van der Waals surface area (Å²) in [5, 5.41) is 0. The van der Waals surface area contributed by atoms with Crippen molar-refractivity contribution in [2.75, 3.05) is 0 Å². The molecular formula is C28H49NO5. The molecule has 1 rings (SSSR count). The molecule has 0 aromatic heterocycles. The zero-order valence-electron chi connectivity index (χ0n) is 22.2. The summed E-state index contributed by atoms with van der Waals surface area (Å²) in [5.74, 6) is -1.69. The highest BCUT2D eigenvalue weighted by molar-refractivity contribution is 6.16. The van der Waals surface area contributed by atoms with Crippen LogP contribution in [0.25, 0.3) is 0 Å². The highest BCUT2D eigenvalue weighted by atomic mass is 16.6. The first-order chi connectivity index (χ1) is 16.3. The normalized spacial score (nSPS) is 18.1. The summed E-state index contributed by atoms with van der Waals surface area (Å²) in [7, 11) is 0. The van der Waals surface area contributed by atoms with Gasteiger partial charge in [0.25, 0.3) is 5.91 Å². The summed E-state index contributed by atoms with van der Waals surface area (Å²) in [6.45, 7) is 7.75. The van der Waals surface area contributed by atoms with Gasteiger partial charge < -0.3 is 15.2 Å². The molecule has 6 nitrogen and oxygen atoms in total. The van der Waals surface area contributed by atoms with Gasteiger partial charge in [0, 0.05) is 6.42 Å². The number of hydrogen-bond donors (Lipinski definition) is 1. The van der Waals surface area contributed by atoms with E-state index in [1.807, 2.05) is 0 Å². The summed E-state index contributed by atoms with van der Waals surface area (Å²) in [4.78, 5) is 36.4. The molecule has 0 aromatic rings. The molecule has 2 N–H and O–H groups in total. The van der Waals surface area contributed by atoms with Gasteiger partial charge in [0.15, 0.2) is 0 Å². The van der Waals surface area contributed by atoms with Crippen molar-refractivity contribution in [2.24, 2.45) is 11.7 Å². The first kappa shape index (κ1) is 30.2. The van der Waals surface area contributed by atoms with Gasteiger partial charge >= 0.3 is 11.9 Å². The van der Waals surface area contributed by atoms with E-state index in [0.29, 0.717) is 18.4 Å². The van der Waals surface area contributed by atoms with Crippen LogP contribution in [0.3, 0.4) is 0 Å². The second-order valence-electron chi connectivity index (χ2n) is 10.1. The van der Waals surface area contributed by atoms with Crippen molar-refractivity contribution >= 4 is 17.8 Å². The van der Waals surface area contributed by atoms with Crippen molar-refractivity contribution in [3.8, 4) is 0 Å². The highest BCUT2D eigenvalue weighted by Gasteiger charge is 2.43. The molecule has 34 heavy (non-hydrogen) atoms. The lowest BCUT2D eigenvalue weighted by Crippen LogP contribution is -2.47. The zero-order chi connectivity index (χ0) is 25.3. The predicted octanol–water partition coefficient (Wildman–Crippen LogP) is 6.54. The van der Waals surface area contributed by atoms with Crippen molar-refractivity contribution in [2.45, 2.75) is 143 Å². The molecule has 0 aliphatic carbocycles. The van der Waals surface area contributed by atoms with E-state index >= 15 is 0 Å². The molecule has 1 heterocycles. The molecule has 0 radical (unpaired) electrons. The van der Waals surface area contributed by atoms with Crippen LogP contribution in [0.2, 0.25) is 0 Å². The number of esters is 2. The molecule has 0 saturated carbocycles. The second kappa shape index (κ2) is 17.6. The average Bonchev–Trinajstić information content (AvgIpc) is 2.76. The molecule has 3 atom stereocenters. The number of amides is 1. The minimum Gasteiger partial charge on any atom is -0.461 e. The highest BCUT2D eigenvalue weighted by Crippen LogP contribution is 2.33. The van der Waals surface area contributed by atoms with Gasteiger partial charge in [-0.2, -0.15) is 0 Å². The third-order valence-corrected chi connectivity index (χ3v) is 6.74. The molecule has 1 fully saturated rings. The first-order valence-corrected chi connectivity index (χ1v) is 13.7. The quantitative estimate of drug-likeness (QED) is 0.0703. The number of allylic oxidation sites excluding steroid dienone is 1. The Morgan fingerprint density at radius 2 is 1.41 bits per heavy atom. The molecule has 0 aromatic carbocycles. The van der Waals surface area contributed by atoms with Gasteiger partial charge in [0.1, 0.15) is 17.8 Å². The number of hydrogen-bond acceptors (Lipinski definition) is 5. The van der Waals surface area contributed by atoms with Gasteiger partial charge in [-0.05, 0) is 33.1 Å². The molecule has 0 bridgehead atoms. The van der Waals surface area contributed by atoms with Gasteiger partial charge in [-0.15, -0.1) is 0 Å². The van der Waals surface area contributed by atoms with E-state index in [2.05, 4.69) is 13.8 Å². The number of rotatable bonds is 20. The number of nitrogens with two attached hydrogens (primary N) is 1. The van der Waals surface area contributed by atoms with Gasteiger partial charge in [-0.3, -0.25) is 9.59 Å². The Labute approximate surface area is 207 Å². The Kier molecular flexibility index (Phi) is 15.6. The molecule has 1 saturated heterocycles. The van der Waals surface area contributed by atoms with Crippen LogP contribution < -0.4 is 5.73 Å². The number of cyclic esters (lactones) is 1. The Balaban J connectivity index is 2.60. The molecule has 1 amide bonds. The van der Waals surface area contributed by atoms with E-state index in [-0.39, 0.29) is 29.7 Å². The number of carbonyl (C=O) groups excluding carboxylic acids is 3. The average molecular weight is 480 g/mol. The number of unbranched alkanes of at least 4 members (excludes halogenated alkanes) is 11. The number of primary amides is 1. The predicted molar refractivity (Wildman–Crippen MR) is 136 cm³/mol. The third-order valence-electron chi connectivity index (χ3n) is 6.74. The van der Waals surface area contributed by atoms with Crippen LogP contribution >= 0.6 is 0 Å². The van der Waals surface area contributed by atoms with Crippen LogP contribution in [0, 0.1) is 5.92 Å². The maximum atomic E-state index is 12.7. The van der Waals surface area contributed by atoms with Crippen LogP contribution in [-0.2, 0) is 23.9 Å². The monoisotopic (exact) mass is 479 g/mol. The van der Waals surface area contributed by atoms with Crippen molar-refractivity contribution in [3.05, 3.63) is 11.1 Å². The Bertz CT molecular complexity index is 653. The van der Waals surface area contributed by atoms with Gasteiger partial charge in [0.05, 0.1) is 5.92 Å². The Morgan fingerprint density at radius 1 is 0.882 bits per heavy atom. The summed E-state index contributed by atoms with van der Waals surface area (Å²) in [6.07, 6.45) is 16.8. The fraction of sp³-hybridized carbons (Fsp3) is 0.821. The minimum absolute atomic E-state index is 0.0844. The summed E-state index contributed by atoms with van der Waals surface area (Å²) in [5.41, 5.74) is 5.86. The fourth-order valence-corrected chi connectivity index (χ4v) is 4.63. The van der Waals surface area contributed by atoms with Crippen LogP contribution in [0.4, 0.5) is 0 Å². The molecule has 6 heteroatoms. The lowest BCUT2D eigenvalue weighted by atomic mass is 9.86. The smallest absolute Gasteiger partial charge is 0.343 e. The van der Waals surface area contributed by atoms with Crippen LogP contribution in [-0.4, -0.2) is 30.1 Å². The molecule has 1 aliphatic rings. The number of ether oxygens (including phenoxy) is 2.